The van der Waals surface area contributed by atoms with E-state index in [-0.39, 0.29) is 15.8 Å². The SMILES string of the molecule is Cc1ccc(Br)c(S(=O)(=O)c2cnc3[nH]cc(-c4ccc(C(=O)N(C)C)c(C)c4)c3n2)c1. The fourth-order valence-corrected chi connectivity index (χ4v) is 5.65. The maximum Gasteiger partial charge on any atom is 0.253 e. The molecule has 1 amide bonds. The molecule has 4 rings (SSSR count). The number of nitrogens with one attached hydrogen (secondary N) is 1. The van der Waals surface area contributed by atoms with Crippen molar-refractivity contribution >= 4 is 42.8 Å². The Kier molecular flexibility index (Phi) is 5.64. The number of carbonyl (C=O) groups is 1. The number of sulfone groups is 1. The molecule has 9 heteroatoms. The Balaban J connectivity index is 1.83. The topological polar surface area (TPSA) is 96.0 Å². The summed E-state index contributed by atoms with van der Waals surface area (Å²) >= 11 is 3.33. The number of amides is 1. The van der Waals surface area contributed by atoms with Crippen LogP contribution in [0.3, 0.4) is 0 Å². The van der Waals surface area contributed by atoms with Crippen LogP contribution in [0.15, 0.2) is 63.2 Å². The van der Waals surface area contributed by atoms with E-state index in [1.165, 1.54) is 11.1 Å². The van der Waals surface area contributed by atoms with Gasteiger partial charge in [-0.25, -0.2) is 18.4 Å². The number of nitrogens with zero attached hydrogens (tertiary/aromatic N) is 3. The zero-order valence-corrected chi connectivity index (χ0v) is 20.4. The van der Waals surface area contributed by atoms with E-state index in [9.17, 15) is 13.2 Å². The van der Waals surface area contributed by atoms with Crippen molar-refractivity contribution in [3.05, 3.63) is 70.0 Å². The van der Waals surface area contributed by atoms with Crippen molar-refractivity contribution < 1.29 is 13.2 Å². The lowest BCUT2D eigenvalue weighted by molar-refractivity contribution is 0.0827. The van der Waals surface area contributed by atoms with Crippen molar-refractivity contribution in [3.8, 4) is 11.1 Å². The molecule has 2 aromatic carbocycles. The van der Waals surface area contributed by atoms with E-state index in [0.717, 1.165) is 16.7 Å². The number of rotatable bonds is 4. The Morgan fingerprint density at radius 1 is 1.09 bits per heavy atom. The van der Waals surface area contributed by atoms with Crippen LogP contribution in [-0.2, 0) is 9.84 Å². The van der Waals surface area contributed by atoms with E-state index in [1.54, 1.807) is 38.5 Å². The molecule has 0 aliphatic rings. The van der Waals surface area contributed by atoms with Crippen molar-refractivity contribution in [3.63, 3.8) is 0 Å². The van der Waals surface area contributed by atoms with Crippen LogP contribution in [0.1, 0.15) is 21.5 Å². The molecule has 0 saturated heterocycles. The Hall–Kier alpha value is -3.04. The first-order valence-electron chi connectivity index (χ1n) is 9.77. The van der Waals surface area contributed by atoms with Gasteiger partial charge in [0, 0.05) is 35.9 Å². The molecule has 0 radical (unpaired) electrons. The molecule has 0 saturated carbocycles. The summed E-state index contributed by atoms with van der Waals surface area (Å²) in [6.45, 7) is 3.70. The van der Waals surface area contributed by atoms with E-state index in [2.05, 4.69) is 30.9 Å². The number of fused-ring (bicyclic) bond motifs is 1. The number of aryl methyl sites for hydroxylation is 2. The van der Waals surface area contributed by atoms with Gasteiger partial charge >= 0.3 is 0 Å². The third-order valence-electron chi connectivity index (χ3n) is 5.18. The highest BCUT2D eigenvalue weighted by atomic mass is 79.9. The van der Waals surface area contributed by atoms with Gasteiger partial charge in [-0.2, -0.15) is 0 Å². The summed E-state index contributed by atoms with van der Waals surface area (Å²) in [7, 11) is -0.465. The molecule has 7 nitrogen and oxygen atoms in total. The highest BCUT2D eigenvalue weighted by molar-refractivity contribution is 9.10. The highest BCUT2D eigenvalue weighted by Crippen LogP contribution is 2.32. The van der Waals surface area contributed by atoms with Crippen LogP contribution in [0.5, 0.6) is 0 Å². The summed E-state index contributed by atoms with van der Waals surface area (Å²) < 4.78 is 27.0. The van der Waals surface area contributed by atoms with Gasteiger partial charge < -0.3 is 9.88 Å². The van der Waals surface area contributed by atoms with Crippen molar-refractivity contribution in [1.82, 2.24) is 19.9 Å². The van der Waals surface area contributed by atoms with E-state index in [4.69, 9.17) is 0 Å². The van der Waals surface area contributed by atoms with Crippen molar-refractivity contribution in [2.24, 2.45) is 0 Å². The van der Waals surface area contributed by atoms with Crippen molar-refractivity contribution in [2.75, 3.05) is 14.1 Å². The summed E-state index contributed by atoms with van der Waals surface area (Å²) in [4.78, 5) is 25.8. The molecule has 164 valence electrons. The number of benzene rings is 2. The molecule has 0 spiro atoms. The van der Waals surface area contributed by atoms with Crippen LogP contribution in [0.4, 0.5) is 0 Å². The fourth-order valence-electron chi connectivity index (χ4n) is 3.47. The van der Waals surface area contributed by atoms with Gasteiger partial charge in [0.15, 0.2) is 10.7 Å². The number of aromatic amines is 1. The predicted octanol–water partition coefficient (Wildman–Crippen LogP) is 4.54. The minimum atomic E-state index is -3.88. The van der Waals surface area contributed by atoms with E-state index in [1.807, 2.05) is 32.0 Å². The zero-order chi connectivity index (χ0) is 23.2. The summed E-state index contributed by atoms with van der Waals surface area (Å²) in [6, 6.07) is 10.6. The third-order valence-corrected chi connectivity index (χ3v) is 7.80. The second-order valence-corrected chi connectivity index (χ2v) is 10.5. The smallest absolute Gasteiger partial charge is 0.253 e. The highest BCUT2D eigenvalue weighted by Gasteiger charge is 2.24. The van der Waals surface area contributed by atoms with Gasteiger partial charge in [-0.3, -0.25) is 4.79 Å². The maximum atomic E-state index is 13.3. The molecule has 1 N–H and O–H groups in total. The predicted molar refractivity (Wildman–Crippen MR) is 126 cm³/mol. The van der Waals surface area contributed by atoms with Crippen LogP contribution < -0.4 is 0 Å². The molecular weight excluding hydrogens is 492 g/mol. The maximum absolute atomic E-state index is 13.3. The van der Waals surface area contributed by atoms with Gasteiger partial charge in [0.1, 0.15) is 5.52 Å². The third kappa shape index (κ3) is 3.82. The Morgan fingerprint density at radius 2 is 1.84 bits per heavy atom. The van der Waals surface area contributed by atoms with Crippen molar-refractivity contribution in [2.45, 2.75) is 23.8 Å². The number of aromatic nitrogens is 3. The lowest BCUT2D eigenvalue weighted by Crippen LogP contribution is -2.22. The molecular formula is C23H21BrN4O3S. The van der Waals surface area contributed by atoms with Crippen LogP contribution >= 0.6 is 15.9 Å². The Labute approximate surface area is 194 Å². The fraction of sp³-hybridized carbons (Fsp3) is 0.174. The largest absolute Gasteiger partial charge is 0.345 e. The lowest BCUT2D eigenvalue weighted by Gasteiger charge is -2.13. The number of hydrogen-bond acceptors (Lipinski definition) is 5. The Morgan fingerprint density at radius 3 is 2.53 bits per heavy atom. The van der Waals surface area contributed by atoms with Crippen LogP contribution in [-0.4, -0.2) is 48.3 Å². The molecule has 2 heterocycles. The number of carbonyl (C=O) groups excluding carboxylic acids is 1. The lowest BCUT2D eigenvalue weighted by atomic mass is 10.0. The average molecular weight is 513 g/mol. The van der Waals surface area contributed by atoms with Crippen LogP contribution in [0.25, 0.3) is 22.3 Å². The molecule has 32 heavy (non-hydrogen) atoms. The van der Waals surface area contributed by atoms with E-state index >= 15 is 0 Å². The zero-order valence-electron chi connectivity index (χ0n) is 18.0. The average Bonchev–Trinajstić information content (AvgIpc) is 3.18. The molecule has 2 aromatic heterocycles. The number of hydrogen-bond donors (Lipinski definition) is 1. The standard InChI is InChI=1S/C23H21BrN4O3S/c1-13-5-8-18(24)19(9-13)32(30,31)20-12-26-22-21(27-20)17(11-25-22)15-6-7-16(14(2)10-15)23(29)28(3)4/h5-12H,1-4H3,(H,25,26). The second kappa shape index (κ2) is 8.14. The van der Waals surface area contributed by atoms with Gasteiger partial charge in [0.05, 0.1) is 11.1 Å². The summed E-state index contributed by atoms with van der Waals surface area (Å²) in [5, 5.41) is -0.131. The van der Waals surface area contributed by atoms with Crippen molar-refractivity contribution in [1.29, 1.82) is 0 Å². The second-order valence-electron chi connectivity index (χ2n) is 7.77. The van der Waals surface area contributed by atoms with Crippen LogP contribution in [0.2, 0.25) is 0 Å². The Bertz CT molecular complexity index is 1480. The molecule has 0 aliphatic carbocycles. The first-order chi connectivity index (χ1) is 15.1. The molecule has 0 atom stereocenters. The molecule has 0 unspecified atom stereocenters. The van der Waals surface area contributed by atoms with Gasteiger partial charge in [-0.05, 0) is 64.7 Å². The van der Waals surface area contributed by atoms with Gasteiger partial charge in [-0.15, -0.1) is 0 Å². The molecule has 0 fully saturated rings. The summed E-state index contributed by atoms with van der Waals surface area (Å²) in [6.07, 6.45) is 3.00. The normalized spacial score (nSPS) is 11.7. The van der Waals surface area contributed by atoms with Gasteiger partial charge in [-0.1, -0.05) is 18.2 Å². The van der Waals surface area contributed by atoms with Gasteiger partial charge in [0.25, 0.3) is 5.91 Å². The number of H-pyrrole nitrogens is 1. The molecule has 0 bridgehead atoms. The summed E-state index contributed by atoms with van der Waals surface area (Å²) in [5.41, 5.74) is 4.69. The molecule has 4 aromatic rings. The summed E-state index contributed by atoms with van der Waals surface area (Å²) in [5.74, 6) is -0.0788. The van der Waals surface area contributed by atoms with E-state index < -0.39 is 9.84 Å². The minimum Gasteiger partial charge on any atom is -0.345 e. The number of halogens is 1. The minimum absolute atomic E-state index is 0.0788. The quantitative estimate of drug-likeness (QED) is 0.433. The monoisotopic (exact) mass is 512 g/mol. The first-order valence-corrected chi connectivity index (χ1v) is 12.0. The first kappa shape index (κ1) is 22.2. The van der Waals surface area contributed by atoms with E-state index in [0.29, 0.717) is 26.8 Å². The molecule has 0 aliphatic heterocycles. The van der Waals surface area contributed by atoms with Gasteiger partial charge in [0.2, 0.25) is 9.84 Å². The van der Waals surface area contributed by atoms with Crippen LogP contribution in [0, 0.1) is 13.8 Å².